The van der Waals surface area contributed by atoms with Gasteiger partial charge in [-0.1, -0.05) is 0 Å². The van der Waals surface area contributed by atoms with Gasteiger partial charge in [-0.25, -0.2) is 4.98 Å². The summed E-state index contributed by atoms with van der Waals surface area (Å²) in [6.07, 6.45) is 5.80. The first-order valence-corrected chi connectivity index (χ1v) is 8.67. The minimum atomic E-state index is -0.272. The van der Waals surface area contributed by atoms with E-state index in [2.05, 4.69) is 20.4 Å². The van der Waals surface area contributed by atoms with E-state index < -0.39 is 0 Å². The number of amides is 1. The summed E-state index contributed by atoms with van der Waals surface area (Å²) >= 11 is 0. The fraction of sp³-hybridized carbons (Fsp3) is 0.529. The Morgan fingerprint density at radius 3 is 2.96 bits per heavy atom. The standard InChI is InChI=1S/C17H21N5O3/c1-25-9-15(23)19-14-8-13(10-6-7-10)21-22(14)17-18-12-5-3-2-4-11(12)16(24)20-17/h8,10H,2-7,9H2,1H3,(H,19,23)(H,18,20,24). The highest BCUT2D eigenvalue weighted by Crippen LogP contribution is 2.40. The predicted molar refractivity (Wildman–Crippen MR) is 91.1 cm³/mol. The fourth-order valence-electron chi connectivity index (χ4n) is 3.23. The van der Waals surface area contributed by atoms with Crippen LogP contribution in [0, 0.1) is 0 Å². The van der Waals surface area contributed by atoms with Gasteiger partial charge >= 0.3 is 0 Å². The molecule has 1 amide bonds. The van der Waals surface area contributed by atoms with Crippen LogP contribution in [0.1, 0.15) is 48.6 Å². The van der Waals surface area contributed by atoms with Crippen LogP contribution in [0.4, 0.5) is 5.82 Å². The van der Waals surface area contributed by atoms with Crippen molar-refractivity contribution in [3.8, 4) is 5.95 Å². The lowest BCUT2D eigenvalue weighted by molar-refractivity contribution is -0.119. The molecule has 2 aliphatic rings. The molecule has 1 fully saturated rings. The van der Waals surface area contributed by atoms with Crippen LogP contribution < -0.4 is 10.9 Å². The minimum Gasteiger partial charge on any atom is -0.375 e. The predicted octanol–water partition coefficient (Wildman–Crippen LogP) is 1.30. The maximum atomic E-state index is 12.4. The number of hydrogen-bond donors (Lipinski definition) is 2. The van der Waals surface area contributed by atoms with Crippen LogP contribution in [0.2, 0.25) is 0 Å². The van der Waals surface area contributed by atoms with Crippen molar-refractivity contribution in [2.45, 2.75) is 44.4 Å². The van der Waals surface area contributed by atoms with Gasteiger partial charge in [0, 0.05) is 24.7 Å². The number of anilines is 1. The van der Waals surface area contributed by atoms with Crippen molar-refractivity contribution in [1.82, 2.24) is 19.7 Å². The van der Waals surface area contributed by atoms with E-state index in [1.165, 1.54) is 11.8 Å². The number of rotatable bonds is 5. The Bertz CT molecular complexity index is 866. The lowest BCUT2D eigenvalue weighted by Crippen LogP contribution is -2.25. The van der Waals surface area contributed by atoms with Gasteiger partial charge in [-0.05, 0) is 38.5 Å². The van der Waals surface area contributed by atoms with Crippen molar-refractivity contribution >= 4 is 11.7 Å². The lowest BCUT2D eigenvalue weighted by atomic mass is 9.97. The second-order valence-electron chi connectivity index (χ2n) is 6.64. The number of hydrogen-bond acceptors (Lipinski definition) is 5. The van der Waals surface area contributed by atoms with E-state index in [4.69, 9.17) is 4.74 Å². The van der Waals surface area contributed by atoms with E-state index in [1.807, 2.05) is 6.07 Å². The third-order valence-electron chi connectivity index (χ3n) is 4.65. The monoisotopic (exact) mass is 343 g/mol. The Labute approximate surface area is 144 Å². The van der Waals surface area contributed by atoms with Gasteiger partial charge in [0.05, 0.1) is 11.4 Å². The molecule has 0 radical (unpaired) electrons. The molecule has 2 N–H and O–H groups in total. The quantitative estimate of drug-likeness (QED) is 0.852. The van der Waals surface area contributed by atoms with Gasteiger partial charge in [0.2, 0.25) is 5.95 Å². The van der Waals surface area contributed by atoms with E-state index >= 15 is 0 Å². The van der Waals surface area contributed by atoms with Crippen LogP contribution in [0.25, 0.3) is 5.95 Å². The molecule has 1 saturated carbocycles. The molecule has 0 bridgehead atoms. The van der Waals surface area contributed by atoms with E-state index in [1.54, 1.807) is 0 Å². The first kappa shape index (κ1) is 16.0. The zero-order chi connectivity index (χ0) is 17.4. The van der Waals surface area contributed by atoms with Crippen LogP contribution in [-0.4, -0.2) is 39.4 Å². The molecule has 2 heterocycles. The maximum absolute atomic E-state index is 12.4. The highest BCUT2D eigenvalue weighted by molar-refractivity contribution is 5.91. The molecule has 0 unspecified atom stereocenters. The van der Waals surface area contributed by atoms with Crippen LogP contribution in [0.3, 0.4) is 0 Å². The molecule has 8 nitrogen and oxygen atoms in total. The smallest absolute Gasteiger partial charge is 0.255 e. The van der Waals surface area contributed by atoms with Crippen LogP contribution in [0.5, 0.6) is 0 Å². The van der Waals surface area contributed by atoms with Gasteiger partial charge in [-0.15, -0.1) is 0 Å². The van der Waals surface area contributed by atoms with Crippen molar-refractivity contribution in [2.24, 2.45) is 0 Å². The van der Waals surface area contributed by atoms with E-state index in [9.17, 15) is 9.59 Å². The summed E-state index contributed by atoms with van der Waals surface area (Å²) in [6.45, 7) is -0.0436. The number of fused-ring (bicyclic) bond motifs is 1. The van der Waals surface area contributed by atoms with Gasteiger partial charge in [-0.2, -0.15) is 9.78 Å². The SMILES string of the molecule is COCC(=O)Nc1cc(C2CC2)nn1-c1nc2c(c(=O)[nH]1)CCCC2. The van der Waals surface area contributed by atoms with Crippen molar-refractivity contribution < 1.29 is 9.53 Å². The van der Waals surface area contributed by atoms with Gasteiger partial charge in [-0.3, -0.25) is 14.6 Å². The number of carbonyl (C=O) groups excluding carboxylic acids is 1. The molecule has 0 aromatic carbocycles. The van der Waals surface area contributed by atoms with Crippen LogP contribution >= 0.6 is 0 Å². The molecule has 4 rings (SSSR count). The molecule has 2 aromatic heterocycles. The highest BCUT2D eigenvalue weighted by atomic mass is 16.5. The Balaban J connectivity index is 1.74. The molecule has 0 spiro atoms. The highest BCUT2D eigenvalue weighted by Gasteiger charge is 2.28. The van der Waals surface area contributed by atoms with Crippen molar-refractivity contribution in [3.63, 3.8) is 0 Å². The third kappa shape index (κ3) is 3.21. The molecular formula is C17H21N5O3. The van der Waals surface area contributed by atoms with Crippen LogP contribution in [-0.2, 0) is 22.4 Å². The topological polar surface area (TPSA) is 102 Å². The second kappa shape index (κ2) is 6.44. The number of H-pyrrole nitrogens is 1. The molecule has 0 atom stereocenters. The first-order chi connectivity index (χ1) is 12.2. The summed E-state index contributed by atoms with van der Waals surface area (Å²) in [7, 11) is 1.47. The molecule has 0 aliphatic heterocycles. The molecule has 0 saturated heterocycles. The largest absolute Gasteiger partial charge is 0.375 e. The van der Waals surface area contributed by atoms with Crippen molar-refractivity contribution in [1.29, 1.82) is 0 Å². The number of nitrogens with one attached hydrogen (secondary N) is 2. The summed E-state index contributed by atoms with van der Waals surface area (Å²) in [4.78, 5) is 31.8. The molecule has 132 valence electrons. The number of carbonyl (C=O) groups is 1. The van der Waals surface area contributed by atoms with Crippen molar-refractivity contribution in [3.05, 3.63) is 33.4 Å². The third-order valence-corrected chi connectivity index (χ3v) is 4.65. The fourth-order valence-corrected chi connectivity index (χ4v) is 3.23. The summed E-state index contributed by atoms with van der Waals surface area (Å²) in [5.74, 6) is 1.00. The zero-order valence-electron chi connectivity index (χ0n) is 14.2. The van der Waals surface area contributed by atoms with E-state index in [0.717, 1.165) is 55.5 Å². The number of aromatic amines is 1. The van der Waals surface area contributed by atoms with Gasteiger partial charge < -0.3 is 10.1 Å². The zero-order valence-corrected chi connectivity index (χ0v) is 14.2. The number of aromatic nitrogens is 4. The number of ether oxygens (including phenoxy) is 1. The molecular weight excluding hydrogens is 322 g/mol. The Morgan fingerprint density at radius 1 is 1.40 bits per heavy atom. The lowest BCUT2D eigenvalue weighted by Gasteiger charge is -2.15. The maximum Gasteiger partial charge on any atom is 0.255 e. The summed E-state index contributed by atoms with van der Waals surface area (Å²) in [5, 5.41) is 7.36. The molecule has 25 heavy (non-hydrogen) atoms. The second-order valence-corrected chi connectivity index (χ2v) is 6.64. The van der Waals surface area contributed by atoms with Gasteiger partial charge in [0.25, 0.3) is 11.5 Å². The molecule has 2 aromatic rings. The minimum absolute atomic E-state index is 0.0436. The molecule has 8 heteroatoms. The summed E-state index contributed by atoms with van der Waals surface area (Å²) in [6, 6.07) is 1.85. The average Bonchev–Trinajstić information content (AvgIpc) is 3.36. The average molecular weight is 343 g/mol. The van der Waals surface area contributed by atoms with Crippen molar-refractivity contribution in [2.75, 3.05) is 19.0 Å². The van der Waals surface area contributed by atoms with Gasteiger partial charge in [0.15, 0.2) is 0 Å². The van der Waals surface area contributed by atoms with E-state index in [-0.39, 0.29) is 18.1 Å². The Kier molecular flexibility index (Phi) is 4.12. The normalized spacial score (nSPS) is 16.5. The number of aryl methyl sites for hydroxylation is 1. The molecule has 2 aliphatic carbocycles. The van der Waals surface area contributed by atoms with E-state index in [0.29, 0.717) is 17.7 Å². The first-order valence-electron chi connectivity index (χ1n) is 8.67. The summed E-state index contributed by atoms with van der Waals surface area (Å²) < 4.78 is 6.39. The Hall–Kier alpha value is -2.48. The van der Waals surface area contributed by atoms with Gasteiger partial charge in [0.1, 0.15) is 12.4 Å². The van der Waals surface area contributed by atoms with Crippen LogP contribution in [0.15, 0.2) is 10.9 Å². The Morgan fingerprint density at radius 2 is 2.20 bits per heavy atom. The number of methoxy groups -OCH3 is 1. The number of nitrogens with zero attached hydrogens (tertiary/aromatic N) is 3. The summed E-state index contributed by atoms with van der Waals surface area (Å²) in [5.41, 5.74) is 2.41.